The molecule has 0 spiro atoms. The summed E-state index contributed by atoms with van der Waals surface area (Å²) in [5.41, 5.74) is 3.39. The van der Waals surface area contributed by atoms with Crippen molar-refractivity contribution in [3.05, 3.63) is 54.1 Å². The number of imidazole rings is 1. The second-order valence-corrected chi connectivity index (χ2v) is 7.37. The summed E-state index contributed by atoms with van der Waals surface area (Å²) in [6, 6.07) is 16.6. The highest BCUT2D eigenvalue weighted by Crippen LogP contribution is 2.23. The standard InChI is InChI=1S/C23H30N4O/c1-2-28-22-13-7-4-10-19(22)18-24-23-25-20-11-5-6-12-21(20)27(23)17-16-26-14-8-3-9-15-26/h4-7,10-13H,2-3,8-9,14-18H2,1H3,(H,24,25). The van der Waals surface area contributed by atoms with Gasteiger partial charge in [0.2, 0.25) is 5.95 Å². The number of nitrogens with one attached hydrogen (secondary N) is 1. The lowest BCUT2D eigenvalue weighted by atomic mass is 10.1. The van der Waals surface area contributed by atoms with Gasteiger partial charge >= 0.3 is 0 Å². The van der Waals surface area contributed by atoms with Gasteiger partial charge in [0.1, 0.15) is 5.75 Å². The van der Waals surface area contributed by atoms with Gasteiger partial charge in [0.15, 0.2) is 0 Å². The van der Waals surface area contributed by atoms with Gasteiger partial charge in [0, 0.05) is 25.2 Å². The molecule has 2 heterocycles. The predicted octanol–water partition coefficient (Wildman–Crippen LogP) is 4.53. The zero-order valence-corrected chi connectivity index (χ0v) is 16.7. The summed E-state index contributed by atoms with van der Waals surface area (Å²) in [6.07, 6.45) is 4.02. The van der Waals surface area contributed by atoms with E-state index in [9.17, 15) is 0 Å². The summed E-state index contributed by atoms with van der Waals surface area (Å²) in [5, 5.41) is 3.56. The lowest BCUT2D eigenvalue weighted by Crippen LogP contribution is -2.32. The molecule has 0 unspecified atom stereocenters. The molecular weight excluding hydrogens is 348 g/mol. The van der Waals surface area contributed by atoms with Crippen molar-refractivity contribution in [2.24, 2.45) is 0 Å². The predicted molar refractivity (Wildman–Crippen MR) is 115 cm³/mol. The third-order valence-corrected chi connectivity index (χ3v) is 5.45. The molecule has 3 aromatic rings. The summed E-state index contributed by atoms with van der Waals surface area (Å²) >= 11 is 0. The van der Waals surface area contributed by atoms with E-state index in [4.69, 9.17) is 9.72 Å². The summed E-state index contributed by atoms with van der Waals surface area (Å²) in [4.78, 5) is 7.44. The molecule has 0 amide bonds. The van der Waals surface area contributed by atoms with E-state index in [-0.39, 0.29) is 0 Å². The van der Waals surface area contributed by atoms with Crippen LogP contribution in [-0.2, 0) is 13.1 Å². The maximum atomic E-state index is 5.77. The average Bonchev–Trinajstić information content (AvgIpc) is 3.10. The van der Waals surface area contributed by atoms with Crippen LogP contribution < -0.4 is 10.1 Å². The van der Waals surface area contributed by atoms with Crippen molar-refractivity contribution < 1.29 is 4.74 Å². The first-order valence-electron chi connectivity index (χ1n) is 10.5. The first kappa shape index (κ1) is 18.8. The van der Waals surface area contributed by atoms with Crippen LogP contribution in [0.2, 0.25) is 0 Å². The molecule has 148 valence electrons. The Labute approximate surface area is 167 Å². The van der Waals surface area contributed by atoms with Gasteiger partial charge in [0.25, 0.3) is 0 Å². The number of para-hydroxylation sites is 3. The fraction of sp³-hybridized carbons (Fsp3) is 0.435. The van der Waals surface area contributed by atoms with Crippen LogP contribution in [0.3, 0.4) is 0 Å². The Bertz CT molecular complexity index is 899. The normalized spacial score (nSPS) is 15.0. The molecule has 1 aliphatic rings. The summed E-state index contributed by atoms with van der Waals surface area (Å²) < 4.78 is 8.09. The molecule has 0 atom stereocenters. The number of hydrogen-bond donors (Lipinski definition) is 1. The molecule has 1 fully saturated rings. The van der Waals surface area contributed by atoms with E-state index in [1.807, 2.05) is 19.1 Å². The Morgan fingerprint density at radius 2 is 1.75 bits per heavy atom. The summed E-state index contributed by atoms with van der Waals surface area (Å²) in [7, 11) is 0. The third-order valence-electron chi connectivity index (χ3n) is 5.45. The van der Waals surface area contributed by atoms with E-state index in [0.29, 0.717) is 13.2 Å². The minimum atomic E-state index is 0.672. The van der Waals surface area contributed by atoms with Gasteiger partial charge in [-0.05, 0) is 51.1 Å². The number of likely N-dealkylation sites (tertiary alicyclic amines) is 1. The van der Waals surface area contributed by atoms with Crippen LogP contribution in [0, 0.1) is 0 Å². The first-order valence-corrected chi connectivity index (χ1v) is 10.5. The van der Waals surface area contributed by atoms with Crippen LogP contribution in [0.5, 0.6) is 5.75 Å². The highest BCUT2D eigenvalue weighted by atomic mass is 16.5. The number of fused-ring (bicyclic) bond motifs is 1. The molecule has 0 saturated carbocycles. The van der Waals surface area contributed by atoms with Crippen LogP contribution in [0.1, 0.15) is 31.7 Å². The Kier molecular flexibility index (Phi) is 6.12. The van der Waals surface area contributed by atoms with E-state index in [1.54, 1.807) is 0 Å². The molecule has 28 heavy (non-hydrogen) atoms. The van der Waals surface area contributed by atoms with Crippen LogP contribution in [0.4, 0.5) is 5.95 Å². The van der Waals surface area contributed by atoms with Crippen molar-refractivity contribution in [2.75, 3.05) is 31.6 Å². The van der Waals surface area contributed by atoms with E-state index in [1.165, 1.54) is 37.9 Å². The molecule has 1 aliphatic heterocycles. The van der Waals surface area contributed by atoms with Gasteiger partial charge in [-0.25, -0.2) is 4.98 Å². The van der Waals surface area contributed by atoms with Gasteiger partial charge < -0.3 is 19.5 Å². The number of aromatic nitrogens is 2. The minimum Gasteiger partial charge on any atom is -0.494 e. The van der Waals surface area contributed by atoms with E-state index in [2.05, 4.69) is 51.2 Å². The van der Waals surface area contributed by atoms with Crippen LogP contribution >= 0.6 is 0 Å². The summed E-state index contributed by atoms with van der Waals surface area (Å²) in [6.45, 7) is 7.85. The maximum Gasteiger partial charge on any atom is 0.204 e. The van der Waals surface area contributed by atoms with Crippen molar-refractivity contribution in [1.29, 1.82) is 0 Å². The molecule has 4 rings (SSSR count). The van der Waals surface area contributed by atoms with E-state index < -0.39 is 0 Å². The molecule has 0 radical (unpaired) electrons. The third kappa shape index (κ3) is 4.30. The number of anilines is 1. The molecule has 5 nitrogen and oxygen atoms in total. The number of benzene rings is 2. The van der Waals surface area contributed by atoms with E-state index >= 15 is 0 Å². The number of ether oxygens (including phenoxy) is 1. The maximum absolute atomic E-state index is 5.77. The average molecular weight is 379 g/mol. The molecule has 1 aromatic heterocycles. The topological polar surface area (TPSA) is 42.3 Å². The Morgan fingerprint density at radius 1 is 0.964 bits per heavy atom. The molecule has 0 aliphatic carbocycles. The first-order chi connectivity index (χ1) is 13.8. The monoisotopic (exact) mass is 378 g/mol. The van der Waals surface area contributed by atoms with Gasteiger partial charge in [-0.3, -0.25) is 0 Å². The second kappa shape index (κ2) is 9.11. The Balaban J connectivity index is 1.53. The van der Waals surface area contributed by atoms with Crippen molar-refractivity contribution in [1.82, 2.24) is 14.5 Å². The molecule has 1 saturated heterocycles. The largest absolute Gasteiger partial charge is 0.494 e. The second-order valence-electron chi connectivity index (χ2n) is 7.37. The van der Waals surface area contributed by atoms with Crippen molar-refractivity contribution in [3.63, 3.8) is 0 Å². The number of piperidine rings is 1. The van der Waals surface area contributed by atoms with Gasteiger partial charge in [-0.1, -0.05) is 36.8 Å². The Hall–Kier alpha value is -2.53. The fourth-order valence-electron chi connectivity index (χ4n) is 3.98. The minimum absolute atomic E-state index is 0.672. The molecule has 1 N–H and O–H groups in total. The number of nitrogens with zero attached hydrogens (tertiary/aromatic N) is 3. The van der Waals surface area contributed by atoms with Crippen LogP contribution in [0.15, 0.2) is 48.5 Å². The fourth-order valence-corrected chi connectivity index (χ4v) is 3.98. The number of rotatable bonds is 8. The smallest absolute Gasteiger partial charge is 0.204 e. The van der Waals surface area contributed by atoms with Gasteiger partial charge in [-0.2, -0.15) is 0 Å². The Morgan fingerprint density at radius 3 is 2.61 bits per heavy atom. The molecule has 2 aromatic carbocycles. The van der Waals surface area contributed by atoms with Crippen molar-refractivity contribution in [3.8, 4) is 5.75 Å². The zero-order valence-electron chi connectivity index (χ0n) is 16.7. The SMILES string of the molecule is CCOc1ccccc1CNc1nc2ccccc2n1CCN1CCCCC1. The van der Waals surface area contributed by atoms with Gasteiger partial charge in [-0.15, -0.1) is 0 Å². The quantitative estimate of drug-likeness (QED) is 0.625. The molecule has 0 bridgehead atoms. The van der Waals surface area contributed by atoms with Crippen molar-refractivity contribution in [2.45, 2.75) is 39.3 Å². The highest BCUT2D eigenvalue weighted by molar-refractivity contribution is 5.78. The van der Waals surface area contributed by atoms with Crippen LogP contribution in [-0.4, -0.2) is 40.7 Å². The lowest BCUT2D eigenvalue weighted by molar-refractivity contribution is 0.222. The molecule has 5 heteroatoms. The zero-order chi connectivity index (χ0) is 19.2. The van der Waals surface area contributed by atoms with Crippen molar-refractivity contribution >= 4 is 17.0 Å². The number of hydrogen-bond acceptors (Lipinski definition) is 4. The molecular formula is C23H30N4O. The highest BCUT2D eigenvalue weighted by Gasteiger charge is 2.14. The lowest BCUT2D eigenvalue weighted by Gasteiger charge is -2.26. The van der Waals surface area contributed by atoms with Gasteiger partial charge in [0.05, 0.1) is 17.6 Å². The van der Waals surface area contributed by atoms with E-state index in [0.717, 1.165) is 35.9 Å². The van der Waals surface area contributed by atoms with Crippen LogP contribution in [0.25, 0.3) is 11.0 Å². The summed E-state index contributed by atoms with van der Waals surface area (Å²) in [5.74, 6) is 1.87.